The molecule has 0 saturated carbocycles. The molecule has 3 unspecified atom stereocenters. The molecule has 1 rings (SSSR count). The fourth-order valence-corrected chi connectivity index (χ4v) is 3.80. The Hall–Kier alpha value is -3.54. The van der Waals surface area contributed by atoms with Crippen molar-refractivity contribution in [1.29, 1.82) is 0 Å². The molecule has 0 radical (unpaired) electrons. The van der Waals surface area contributed by atoms with Crippen LogP contribution < -0.4 is 15.2 Å². The molecule has 0 bridgehead atoms. The second kappa shape index (κ2) is 18.8. The van der Waals surface area contributed by atoms with Crippen LogP contribution in [0.5, 0.6) is 11.5 Å². The summed E-state index contributed by atoms with van der Waals surface area (Å²) in [4.78, 5) is 48.8. The topological polar surface area (TPSA) is 170 Å². The van der Waals surface area contributed by atoms with Gasteiger partial charge in [0.25, 0.3) is 0 Å². The van der Waals surface area contributed by atoms with E-state index in [1.807, 2.05) is 34.6 Å². The molecule has 0 amide bonds. The van der Waals surface area contributed by atoms with Gasteiger partial charge in [0.2, 0.25) is 0 Å². The molecule has 1 aromatic carbocycles. The zero-order chi connectivity index (χ0) is 31.8. The molecule has 0 saturated heterocycles. The summed E-state index contributed by atoms with van der Waals surface area (Å²) in [5.41, 5.74) is 6.36. The summed E-state index contributed by atoms with van der Waals surface area (Å²) in [6.07, 6.45) is -1.31. The van der Waals surface area contributed by atoms with Crippen molar-refractivity contribution in [3.05, 3.63) is 23.8 Å². The summed E-state index contributed by atoms with van der Waals surface area (Å²) >= 11 is 0. The van der Waals surface area contributed by atoms with Gasteiger partial charge in [-0.25, -0.2) is 14.4 Å². The Morgan fingerprint density at radius 3 is 1.79 bits per heavy atom. The molecule has 238 valence electrons. The first-order valence-electron chi connectivity index (χ1n) is 14.4. The fraction of sp³-hybridized carbons (Fsp3) is 0.667. The van der Waals surface area contributed by atoms with Gasteiger partial charge >= 0.3 is 24.4 Å². The second-order valence-electron chi connectivity index (χ2n) is 11.1. The number of rotatable bonds is 17. The molecular weight excluding hydrogens is 550 g/mol. The Labute approximate surface area is 248 Å². The van der Waals surface area contributed by atoms with Crippen molar-refractivity contribution in [2.75, 3.05) is 13.2 Å². The average molecular weight is 598 g/mol. The van der Waals surface area contributed by atoms with Gasteiger partial charge in [-0.1, -0.05) is 47.1 Å². The number of hydrogen-bond acceptors (Lipinski definition) is 11. The number of carbonyl (C=O) groups is 4. The van der Waals surface area contributed by atoms with E-state index in [9.17, 15) is 24.3 Å². The Kier molecular flexibility index (Phi) is 16.3. The van der Waals surface area contributed by atoms with Crippen LogP contribution in [-0.4, -0.2) is 61.0 Å². The van der Waals surface area contributed by atoms with Crippen molar-refractivity contribution in [3.8, 4) is 11.5 Å². The fourth-order valence-electron chi connectivity index (χ4n) is 3.80. The number of carbonyl (C=O) groups excluding carboxylic acids is 3. The summed E-state index contributed by atoms with van der Waals surface area (Å²) in [6, 6.07) is 2.74. The molecule has 12 heteroatoms. The standard InChI is InChI=1S/C30H47NO11/c1-8-9-20(6)39-30(36)40-21(7)16-23(26(31)27(32)33)22-10-11-24(41-28(34)37-14-12-18(2)3)25(17-22)42-29(35)38-15-13-19(4)5/h10-11,17-21,23,26H,8-9,12-16,31H2,1-7H3,(H,32,33)/t20?,21?,23?,26-/m0/s1. The van der Waals surface area contributed by atoms with Crippen LogP contribution in [0.25, 0.3) is 0 Å². The van der Waals surface area contributed by atoms with Gasteiger partial charge in [0.15, 0.2) is 11.5 Å². The predicted octanol–water partition coefficient (Wildman–Crippen LogP) is 6.43. The molecule has 0 aliphatic carbocycles. The van der Waals surface area contributed by atoms with Crippen LogP contribution in [0.2, 0.25) is 0 Å². The van der Waals surface area contributed by atoms with E-state index in [1.165, 1.54) is 18.2 Å². The van der Waals surface area contributed by atoms with Gasteiger partial charge in [0, 0.05) is 5.92 Å². The van der Waals surface area contributed by atoms with E-state index in [4.69, 9.17) is 34.2 Å². The molecule has 0 aliphatic rings. The lowest BCUT2D eigenvalue weighted by molar-refractivity contribution is -0.139. The summed E-state index contributed by atoms with van der Waals surface area (Å²) in [5.74, 6) is -1.95. The average Bonchev–Trinajstić information content (AvgIpc) is 2.87. The summed E-state index contributed by atoms with van der Waals surface area (Å²) < 4.78 is 31.4. The van der Waals surface area contributed by atoms with E-state index in [0.29, 0.717) is 30.7 Å². The zero-order valence-electron chi connectivity index (χ0n) is 25.8. The Bertz CT molecular complexity index is 1010. The van der Waals surface area contributed by atoms with Crippen LogP contribution >= 0.6 is 0 Å². The van der Waals surface area contributed by atoms with Gasteiger partial charge in [-0.15, -0.1) is 0 Å². The maximum absolute atomic E-state index is 12.4. The van der Waals surface area contributed by atoms with Gasteiger partial charge in [0.1, 0.15) is 18.2 Å². The monoisotopic (exact) mass is 597 g/mol. The first kappa shape index (κ1) is 36.5. The van der Waals surface area contributed by atoms with Crippen molar-refractivity contribution in [1.82, 2.24) is 0 Å². The van der Waals surface area contributed by atoms with Crippen molar-refractivity contribution < 1.29 is 52.7 Å². The van der Waals surface area contributed by atoms with Crippen LogP contribution in [0, 0.1) is 11.8 Å². The quantitative estimate of drug-likeness (QED) is 0.115. The lowest BCUT2D eigenvalue weighted by Gasteiger charge is -2.25. The number of aliphatic carboxylic acids is 1. The molecular formula is C30H47NO11. The van der Waals surface area contributed by atoms with Crippen LogP contribution in [0.3, 0.4) is 0 Å². The maximum Gasteiger partial charge on any atom is 0.513 e. The van der Waals surface area contributed by atoms with E-state index in [0.717, 1.165) is 6.42 Å². The van der Waals surface area contributed by atoms with Crippen molar-refractivity contribution >= 4 is 24.4 Å². The predicted molar refractivity (Wildman–Crippen MR) is 154 cm³/mol. The molecule has 0 heterocycles. The van der Waals surface area contributed by atoms with Gasteiger partial charge in [-0.3, -0.25) is 4.79 Å². The Morgan fingerprint density at radius 2 is 1.29 bits per heavy atom. The Morgan fingerprint density at radius 1 is 0.762 bits per heavy atom. The molecule has 1 aromatic rings. The van der Waals surface area contributed by atoms with Gasteiger partial charge in [-0.05, 0) is 69.1 Å². The lowest BCUT2D eigenvalue weighted by atomic mass is 9.87. The van der Waals surface area contributed by atoms with E-state index < -0.39 is 42.5 Å². The molecule has 42 heavy (non-hydrogen) atoms. The third-order valence-electron chi connectivity index (χ3n) is 6.21. The maximum atomic E-state index is 12.4. The summed E-state index contributed by atoms with van der Waals surface area (Å²) in [5, 5.41) is 9.69. The van der Waals surface area contributed by atoms with E-state index in [1.54, 1.807) is 13.8 Å². The summed E-state index contributed by atoms with van der Waals surface area (Å²) in [7, 11) is 0. The third kappa shape index (κ3) is 14.4. The van der Waals surface area contributed by atoms with E-state index in [2.05, 4.69) is 0 Å². The number of nitrogens with two attached hydrogens (primary N) is 1. The summed E-state index contributed by atoms with van der Waals surface area (Å²) in [6.45, 7) is 13.4. The highest BCUT2D eigenvalue weighted by atomic mass is 16.7. The smallest absolute Gasteiger partial charge is 0.480 e. The number of benzene rings is 1. The highest BCUT2D eigenvalue weighted by Gasteiger charge is 2.30. The molecule has 0 spiro atoms. The van der Waals surface area contributed by atoms with E-state index >= 15 is 0 Å². The molecule has 0 fully saturated rings. The number of ether oxygens (including phenoxy) is 6. The molecule has 12 nitrogen and oxygen atoms in total. The number of hydrogen-bond donors (Lipinski definition) is 2. The van der Waals surface area contributed by atoms with Crippen molar-refractivity contribution in [2.45, 2.75) is 105 Å². The molecule has 0 aromatic heterocycles. The SMILES string of the molecule is CCCC(C)OC(=O)OC(C)CC(c1ccc(OC(=O)OCCC(C)C)c(OC(=O)OCCC(C)C)c1)[C@H](N)C(=O)O. The third-order valence-corrected chi connectivity index (χ3v) is 6.21. The minimum Gasteiger partial charge on any atom is -0.480 e. The van der Waals surface area contributed by atoms with Gasteiger partial charge in [0.05, 0.1) is 13.2 Å². The minimum atomic E-state index is -1.41. The molecule has 4 atom stereocenters. The van der Waals surface area contributed by atoms with Crippen LogP contribution in [0.4, 0.5) is 14.4 Å². The van der Waals surface area contributed by atoms with Crippen molar-refractivity contribution in [3.63, 3.8) is 0 Å². The highest BCUT2D eigenvalue weighted by molar-refractivity contribution is 5.75. The highest BCUT2D eigenvalue weighted by Crippen LogP contribution is 2.35. The second-order valence-corrected chi connectivity index (χ2v) is 11.1. The largest absolute Gasteiger partial charge is 0.513 e. The molecule has 0 aliphatic heterocycles. The zero-order valence-corrected chi connectivity index (χ0v) is 25.8. The van der Waals surface area contributed by atoms with Gasteiger partial charge < -0.3 is 39.3 Å². The molecule has 3 N–H and O–H groups in total. The van der Waals surface area contributed by atoms with E-state index in [-0.39, 0.29) is 43.2 Å². The Balaban J connectivity index is 3.23. The normalized spacial score (nSPS) is 14.0. The first-order valence-corrected chi connectivity index (χ1v) is 14.4. The lowest BCUT2D eigenvalue weighted by Crippen LogP contribution is -2.38. The number of carboxylic acid groups (broad SMARTS) is 1. The van der Waals surface area contributed by atoms with Gasteiger partial charge in [-0.2, -0.15) is 0 Å². The van der Waals surface area contributed by atoms with Crippen LogP contribution in [0.15, 0.2) is 18.2 Å². The van der Waals surface area contributed by atoms with Crippen LogP contribution in [-0.2, 0) is 23.7 Å². The minimum absolute atomic E-state index is 0.000444. The first-order chi connectivity index (χ1) is 19.7. The number of carboxylic acids is 1. The van der Waals surface area contributed by atoms with Crippen LogP contribution in [0.1, 0.15) is 92.1 Å². The van der Waals surface area contributed by atoms with Crippen molar-refractivity contribution in [2.24, 2.45) is 17.6 Å².